The topological polar surface area (TPSA) is 8.17 Å². The summed E-state index contributed by atoms with van der Waals surface area (Å²) >= 11 is 0. The minimum atomic E-state index is 1.13. The van der Waals surface area contributed by atoms with Gasteiger partial charge in [0.25, 0.3) is 0 Å². The van der Waals surface area contributed by atoms with Gasteiger partial charge in [0.2, 0.25) is 0 Å². The number of para-hydroxylation sites is 1. The van der Waals surface area contributed by atoms with Gasteiger partial charge in [-0.3, -0.25) is 0 Å². The molecule has 198 valence electrons. The van der Waals surface area contributed by atoms with E-state index in [4.69, 9.17) is 0 Å². The molecule has 0 saturated carbocycles. The number of hydrogen-bond acceptors (Lipinski definition) is 1. The van der Waals surface area contributed by atoms with Crippen molar-refractivity contribution >= 4 is 49.5 Å². The quantitative estimate of drug-likeness (QED) is 0.212. The van der Waals surface area contributed by atoms with Crippen LogP contribution in [0.5, 0.6) is 0 Å². The highest BCUT2D eigenvalue weighted by atomic mass is 15.1. The third-order valence-electron chi connectivity index (χ3n) is 8.18. The summed E-state index contributed by atoms with van der Waals surface area (Å²) in [6, 6.07) is 58.8. The molecule has 0 bridgehead atoms. The average molecular weight is 537 g/mol. The van der Waals surface area contributed by atoms with Crippen LogP contribution in [0.15, 0.2) is 170 Å². The normalized spacial score (nSPS) is 11.3. The van der Waals surface area contributed by atoms with Crippen LogP contribution < -0.4 is 4.90 Å². The molecule has 7 aromatic carbocycles. The Hall–Kier alpha value is -5.60. The van der Waals surface area contributed by atoms with E-state index in [1.807, 2.05) is 0 Å². The monoisotopic (exact) mass is 536 g/mol. The van der Waals surface area contributed by atoms with Crippen LogP contribution >= 0.6 is 0 Å². The van der Waals surface area contributed by atoms with Gasteiger partial charge in [0.05, 0.1) is 11.2 Å². The highest BCUT2D eigenvalue weighted by Gasteiger charge is 2.16. The van der Waals surface area contributed by atoms with Crippen molar-refractivity contribution in [1.29, 1.82) is 0 Å². The van der Waals surface area contributed by atoms with Crippen LogP contribution in [0, 0.1) is 0 Å². The molecular formula is C40H28N2. The van der Waals surface area contributed by atoms with E-state index in [0.29, 0.717) is 0 Å². The van der Waals surface area contributed by atoms with Crippen LogP contribution in [0.3, 0.4) is 0 Å². The number of benzene rings is 7. The molecule has 8 aromatic rings. The Bertz CT molecular complexity index is 2190. The van der Waals surface area contributed by atoms with Crippen molar-refractivity contribution in [1.82, 2.24) is 4.57 Å². The van der Waals surface area contributed by atoms with Gasteiger partial charge in [-0.2, -0.15) is 0 Å². The zero-order valence-corrected chi connectivity index (χ0v) is 23.1. The van der Waals surface area contributed by atoms with Crippen LogP contribution in [-0.4, -0.2) is 4.57 Å². The first-order valence-corrected chi connectivity index (χ1v) is 14.4. The summed E-state index contributed by atoms with van der Waals surface area (Å²) < 4.78 is 2.24. The van der Waals surface area contributed by atoms with Gasteiger partial charge in [-0.25, -0.2) is 0 Å². The molecule has 0 aliphatic carbocycles. The Morgan fingerprint density at radius 2 is 1.10 bits per heavy atom. The molecule has 42 heavy (non-hydrogen) atoms. The predicted molar refractivity (Wildman–Crippen MR) is 178 cm³/mol. The number of hydrogen-bond donors (Lipinski definition) is 0. The van der Waals surface area contributed by atoms with Crippen LogP contribution in [-0.2, 0) is 0 Å². The fraction of sp³-hybridized carbons (Fsp3) is 0. The van der Waals surface area contributed by atoms with Crippen LogP contribution in [0.1, 0.15) is 0 Å². The number of rotatable bonds is 5. The summed E-state index contributed by atoms with van der Waals surface area (Å²) in [5, 5.41) is 6.16. The smallest absolute Gasteiger partial charge is 0.0540 e. The average Bonchev–Trinajstić information content (AvgIpc) is 3.49. The van der Waals surface area contributed by atoms with Gasteiger partial charge in [0.1, 0.15) is 0 Å². The van der Waals surface area contributed by atoms with E-state index in [1.54, 1.807) is 0 Å². The molecular weight excluding hydrogens is 508 g/mol. The molecule has 1 aromatic heterocycles. The highest BCUT2D eigenvalue weighted by molar-refractivity contribution is 6.00. The lowest BCUT2D eigenvalue weighted by molar-refractivity contribution is 1.13. The summed E-state index contributed by atoms with van der Waals surface area (Å²) in [4.78, 5) is 2.38. The van der Waals surface area contributed by atoms with Gasteiger partial charge in [0, 0.05) is 34.0 Å². The Morgan fingerprint density at radius 3 is 1.95 bits per heavy atom. The van der Waals surface area contributed by atoms with Gasteiger partial charge in [-0.15, -0.1) is 0 Å². The van der Waals surface area contributed by atoms with Gasteiger partial charge in [-0.1, -0.05) is 103 Å². The molecule has 0 aliphatic rings. The third kappa shape index (κ3) is 4.22. The number of fused-ring (bicyclic) bond motifs is 3. The minimum absolute atomic E-state index is 1.13. The predicted octanol–water partition coefficient (Wildman–Crippen LogP) is 11.1. The van der Waals surface area contributed by atoms with Crippen LogP contribution in [0.25, 0.3) is 49.3 Å². The molecule has 0 unspecified atom stereocenters. The Labute approximate surface area is 245 Å². The van der Waals surface area contributed by atoms with Gasteiger partial charge in [-0.05, 0) is 87.9 Å². The second-order valence-corrected chi connectivity index (χ2v) is 10.7. The van der Waals surface area contributed by atoms with Gasteiger partial charge < -0.3 is 9.47 Å². The van der Waals surface area contributed by atoms with Crippen molar-refractivity contribution in [2.75, 3.05) is 4.90 Å². The number of aromatic nitrogens is 1. The zero-order valence-electron chi connectivity index (χ0n) is 23.1. The lowest BCUT2D eigenvalue weighted by Gasteiger charge is -2.27. The molecule has 2 heteroatoms. The lowest BCUT2D eigenvalue weighted by Crippen LogP contribution is -2.10. The molecule has 0 aliphatic heterocycles. The Morgan fingerprint density at radius 1 is 0.405 bits per heavy atom. The molecule has 0 saturated heterocycles. The van der Waals surface area contributed by atoms with Crippen LogP contribution in [0.4, 0.5) is 17.1 Å². The van der Waals surface area contributed by atoms with Crippen molar-refractivity contribution in [2.24, 2.45) is 0 Å². The summed E-state index contributed by atoms with van der Waals surface area (Å²) in [6.07, 6.45) is 2.15. The van der Waals surface area contributed by atoms with E-state index in [2.05, 4.69) is 179 Å². The Kier molecular flexibility index (Phi) is 5.82. The number of anilines is 3. The maximum atomic E-state index is 2.38. The van der Waals surface area contributed by atoms with Crippen molar-refractivity contribution < 1.29 is 0 Å². The van der Waals surface area contributed by atoms with E-state index >= 15 is 0 Å². The molecule has 0 spiro atoms. The van der Waals surface area contributed by atoms with Crippen molar-refractivity contribution in [2.45, 2.75) is 0 Å². The van der Waals surface area contributed by atoms with Crippen molar-refractivity contribution in [3.63, 3.8) is 0 Å². The van der Waals surface area contributed by atoms with Crippen molar-refractivity contribution in [3.05, 3.63) is 170 Å². The lowest BCUT2D eigenvalue weighted by atomic mass is 10.0. The van der Waals surface area contributed by atoms with Gasteiger partial charge >= 0.3 is 0 Å². The molecule has 0 amide bonds. The maximum absolute atomic E-state index is 2.38. The number of nitrogens with zero attached hydrogens (tertiary/aromatic N) is 2. The molecule has 8 rings (SSSR count). The van der Waals surface area contributed by atoms with E-state index in [-0.39, 0.29) is 0 Å². The first-order chi connectivity index (χ1) is 20.8. The SMILES string of the molecule is c1ccc(-n2ccc3cc(-c4ccc(N(c5ccc6ccccc6c5)c5cccc6ccccc56)cc4)ccc32)cc1. The van der Waals surface area contributed by atoms with Gasteiger partial charge in [0.15, 0.2) is 0 Å². The minimum Gasteiger partial charge on any atom is -0.317 e. The largest absolute Gasteiger partial charge is 0.317 e. The summed E-state index contributed by atoms with van der Waals surface area (Å²) in [5.74, 6) is 0. The van der Waals surface area contributed by atoms with E-state index in [0.717, 1.165) is 11.4 Å². The molecule has 0 fully saturated rings. The fourth-order valence-electron chi connectivity index (χ4n) is 6.09. The zero-order chi connectivity index (χ0) is 27.9. The molecule has 0 atom stereocenters. The standard InChI is InChI=1S/C40H28N2/c1-2-13-35(14-3-1)41-26-25-34-27-33(20-24-39(34)41)30-17-21-36(22-18-30)42(37-23-19-29-9-4-5-11-32(29)28-37)40-16-8-12-31-10-6-7-15-38(31)40/h1-28H. The summed E-state index contributed by atoms with van der Waals surface area (Å²) in [6.45, 7) is 0. The van der Waals surface area contributed by atoms with E-state index in [1.165, 1.54) is 54.9 Å². The summed E-state index contributed by atoms with van der Waals surface area (Å²) in [7, 11) is 0. The Balaban J connectivity index is 1.22. The molecule has 2 nitrogen and oxygen atoms in total. The first kappa shape index (κ1) is 24.2. The highest BCUT2D eigenvalue weighted by Crippen LogP contribution is 2.40. The molecule has 0 N–H and O–H groups in total. The second-order valence-electron chi connectivity index (χ2n) is 10.7. The third-order valence-corrected chi connectivity index (χ3v) is 8.18. The fourth-order valence-corrected chi connectivity index (χ4v) is 6.09. The first-order valence-electron chi connectivity index (χ1n) is 14.4. The second kappa shape index (κ2) is 10.1. The van der Waals surface area contributed by atoms with Crippen LogP contribution in [0.2, 0.25) is 0 Å². The van der Waals surface area contributed by atoms with E-state index < -0.39 is 0 Å². The maximum Gasteiger partial charge on any atom is 0.0540 e. The van der Waals surface area contributed by atoms with E-state index in [9.17, 15) is 0 Å². The molecule has 1 heterocycles. The van der Waals surface area contributed by atoms with Crippen molar-refractivity contribution in [3.8, 4) is 16.8 Å². The summed E-state index contributed by atoms with van der Waals surface area (Å²) in [5.41, 5.74) is 8.22. The molecule has 0 radical (unpaired) electrons.